The van der Waals surface area contributed by atoms with Gasteiger partial charge in [-0.15, -0.1) is 5.06 Å². The maximum Gasteiger partial charge on any atom is 0.269 e. The summed E-state index contributed by atoms with van der Waals surface area (Å²) in [7, 11) is 0. The van der Waals surface area contributed by atoms with Gasteiger partial charge in [0.05, 0.1) is 16.6 Å². The molecule has 2 saturated heterocycles. The lowest BCUT2D eigenvalue weighted by Gasteiger charge is -2.21. The average molecular weight is 373 g/mol. The summed E-state index contributed by atoms with van der Waals surface area (Å²) in [4.78, 5) is 16.4. The highest BCUT2D eigenvalue weighted by atomic mass is 35.5. The van der Waals surface area contributed by atoms with Crippen LogP contribution in [0.4, 0.5) is 5.69 Å². The molecule has 0 spiro atoms. The molecule has 0 aromatic heterocycles. The summed E-state index contributed by atoms with van der Waals surface area (Å²) >= 11 is 6.10. The fraction of sp³-hybridized carbons (Fsp3) is 0.368. The van der Waals surface area contributed by atoms with Crippen LogP contribution in [0.5, 0.6) is 5.75 Å². The molecular weight excluding hydrogens is 356 g/mol. The molecule has 0 amide bonds. The van der Waals surface area contributed by atoms with E-state index in [0.717, 1.165) is 24.0 Å². The van der Waals surface area contributed by atoms with E-state index >= 15 is 0 Å². The van der Waals surface area contributed by atoms with Crippen LogP contribution in [0.15, 0.2) is 42.5 Å². The van der Waals surface area contributed by atoms with Gasteiger partial charge in [0.15, 0.2) is 6.23 Å². The smallest absolute Gasteiger partial charge is 0.269 e. The Morgan fingerprint density at radius 1 is 1.31 bits per heavy atom. The molecule has 5 atom stereocenters. The molecule has 5 unspecified atom stereocenters. The number of nitro groups is 1. The number of ether oxygens (including phenoxy) is 1. The molecule has 0 N–H and O–H groups in total. The third-order valence-corrected chi connectivity index (χ3v) is 5.73. The lowest BCUT2D eigenvalue weighted by Crippen LogP contribution is -2.23. The minimum atomic E-state index is -0.382. The van der Waals surface area contributed by atoms with E-state index in [2.05, 4.69) is 0 Å². The van der Waals surface area contributed by atoms with Crippen molar-refractivity contribution in [3.63, 3.8) is 0 Å². The number of nitro benzene ring substituents is 1. The van der Waals surface area contributed by atoms with Gasteiger partial charge in [-0.25, -0.2) is 0 Å². The van der Waals surface area contributed by atoms with Crippen LogP contribution in [0.3, 0.4) is 0 Å². The van der Waals surface area contributed by atoms with Crippen molar-refractivity contribution in [1.82, 2.24) is 5.06 Å². The number of hydroxylamine groups is 2. The van der Waals surface area contributed by atoms with Gasteiger partial charge in [0.1, 0.15) is 5.75 Å². The molecule has 1 saturated carbocycles. The highest BCUT2D eigenvalue weighted by Crippen LogP contribution is 2.65. The predicted octanol–water partition coefficient (Wildman–Crippen LogP) is 4.20. The van der Waals surface area contributed by atoms with Crippen LogP contribution in [-0.4, -0.2) is 22.3 Å². The number of hydrogen-bond donors (Lipinski definition) is 0. The Kier molecular flexibility index (Phi) is 3.35. The van der Waals surface area contributed by atoms with E-state index in [0.29, 0.717) is 16.7 Å². The Bertz CT molecular complexity index is 883. The van der Waals surface area contributed by atoms with E-state index in [1.54, 1.807) is 18.2 Å². The minimum absolute atomic E-state index is 0.0803. The largest absolute Gasteiger partial charge is 0.403 e. The fourth-order valence-electron chi connectivity index (χ4n) is 4.10. The SMILES string of the molecule is Cc1cc(Cl)cc(ON2C3CC4CC4(c4ccc([N+](=O)[O-])cc4)OC32)c1. The topological polar surface area (TPSA) is 64.6 Å². The molecular formula is C19H17ClN2O4. The lowest BCUT2D eigenvalue weighted by atomic mass is 10.0. The fourth-order valence-corrected chi connectivity index (χ4v) is 4.38. The molecule has 0 bridgehead atoms. The summed E-state index contributed by atoms with van der Waals surface area (Å²) in [6, 6.07) is 12.6. The average Bonchev–Trinajstić information content (AvgIpc) is 3.47. The number of nitrogens with zero attached hydrogens (tertiary/aromatic N) is 2. The molecule has 26 heavy (non-hydrogen) atoms. The van der Waals surface area contributed by atoms with E-state index in [1.165, 1.54) is 0 Å². The Morgan fingerprint density at radius 2 is 2.08 bits per heavy atom. The maximum absolute atomic E-state index is 10.8. The Morgan fingerprint density at radius 3 is 2.77 bits per heavy atom. The van der Waals surface area contributed by atoms with Crippen LogP contribution in [-0.2, 0) is 10.3 Å². The highest BCUT2D eigenvalue weighted by Gasteiger charge is 2.70. The standard InChI is InChI=1S/C19H17ClN2O4/c1-11-6-14(20)9-16(7-11)26-21-17-8-13-10-19(13,25-18(17)21)12-2-4-15(5-3-12)22(23)24/h2-7,9,13,17-18H,8,10H2,1H3. The second-order valence-corrected chi connectivity index (χ2v) is 7.76. The first kappa shape index (κ1) is 16.1. The van der Waals surface area contributed by atoms with Gasteiger partial charge in [-0.05, 0) is 61.1 Å². The lowest BCUT2D eigenvalue weighted by molar-refractivity contribution is -0.384. The van der Waals surface area contributed by atoms with Crippen molar-refractivity contribution in [2.75, 3.05) is 0 Å². The van der Waals surface area contributed by atoms with E-state index in [1.807, 2.05) is 36.3 Å². The van der Waals surface area contributed by atoms with Crippen LogP contribution in [0.25, 0.3) is 0 Å². The molecule has 2 aliphatic heterocycles. The monoisotopic (exact) mass is 372 g/mol. The zero-order chi connectivity index (χ0) is 18.1. The number of rotatable bonds is 4. The predicted molar refractivity (Wildman–Crippen MR) is 94.8 cm³/mol. The Hall–Kier alpha value is -2.15. The van der Waals surface area contributed by atoms with Crippen molar-refractivity contribution in [2.24, 2.45) is 5.92 Å². The molecule has 1 aliphatic carbocycles. The van der Waals surface area contributed by atoms with Gasteiger partial charge in [0.25, 0.3) is 5.69 Å². The molecule has 3 fully saturated rings. The molecule has 3 aliphatic rings. The van der Waals surface area contributed by atoms with E-state index < -0.39 is 0 Å². The second-order valence-electron chi connectivity index (χ2n) is 7.32. The molecule has 7 heteroatoms. The van der Waals surface area contributed by atoms with Crippen LogP contribution >= 0.6 is 11.6 Å². The van der Waals surface area contributed by atoms with E-state index in [-0.39, 0.29) is 28.5 Å². The quantitative estimate of drug-likeness (QED) is 0.457. The summed E-state index contributed by atoms with van der Waals surface area (Å²) in [5.41, 5.74) is 1.84. The number of halogens is 1. The molecule has 134 valence electrons. The number of fused-ring (bicyclic) bond motifs is 2. The van der Waals surface area contributed by atoms with Crippen molar-refractivity contribution >= 4 is 17.3 Å². The first-order valence-electron chi connectivity index (χ1n) is 8.62. The first-order chi connectivity index (χ1) is 12.5. The Labute approximate surface area is 155 Å². The third-order valence-electron chi connectivity index (χ3n) is 5.52. The van der Waals surface area contributed by atoms with Crippen LogP contribution in [0, 0.1) is 23.0 Å². The second kappa shape index (κ2) is 5.42. The van der Waals surface area contributed by atoms with Gasteiger partial charge in [-0.1, -0.05) is 11.6 Å². The van der Waals surface area contributed by atoms with Crippen LogP contribution < -0.4 is 4.84 Å². The maximum atomic E-state index is 10.8. The molecule has 6 nitrogen and oxygen atoms in total. The van der Waals surface area contributed by atoms with Gasteiger partial charge in [0, 0.05) is 23.2 Å². The molecule has 2 heterocycles. The van der Waals surface area contributed by atoms with Crippen molar-refractivity contribution < 1.29 is 14.5 Å². The van der Waals surface area contributed by atoms with Crippen LogP contribution in [0.1, 0.15) is 24.0 Å². The normalized spacial score (nSPS) is 33.8. The van der Waals surface area contributed by atoms with E-state index in [9.17, 15) is 10.1 Å². The van der Waals surface area contributed by atoms with Crippen molar-refractivity contribution in [3.05, 3.63) is 68.7 Å². The van der Waals surface area contributed by atoms with Crippen molar-refractivity contribution in [2.45, 2.75) is 37.6 Å². The zero-order valence-electron chi connectivity index (χ0n) is 14.1. The molecule has 5 rings (SSSR count). The summed E-state index contributed by atoms with van der Waals surface area (Å²) in [6.45, 7) is 1.98. The van der Waals surface area contributed by atoms with Gasteiger partial charge >= 0.3 is 0 Å². The van der Waals surface area contributed by atoms with Crippen molar-refractivity contribution in [3.8, 4) is 5.75 Å². The number of hydrogen-bond acceptors (Lipinski definition) is 5. The summed E-state index contributed by atoms with van der Waals surface area (Å²) < 4.78 is 6.35. The number of benzene rings is 2. The minimum Gasteiger partial charge on any atom is -0.403 e. The zero-order valence-corrected chi connectivity index (χ0v) is 14.8. The number of non-ortho nitro benzene ring substituents is 1. The summed E-state index contributed by atoms with van der Waals surface area (Å²) in [5, 5.41) is 13.4. The number of aryl methyl sites for hydroxylation is 1. The first-order valence-corrected chi connectivity index (χ1v) is 9.00. The van der Waals surface area contributed by atoms with E-state index in [4.69, 9.17) is 21.2 Å². The van der Waals surface area contributed by atoms with Gasteiger partial charge in [-0.2, -0.15) is 0 Å². The van der Waals surface area contributed by atoms with Gasteiger partial charge < -0.3 is 9.57 Å². The summed E-state index contributed by atoms with van der Waals surface area (Å²) in [6.07, 6.45) is 1.88. The molecule has 2 aromatic rings. The van der Waals surface area contributed by atoms with Gasteiger partial charge in [0.2, 0.25) is 0 Å². The highest BCUT2D eigenvalue weighted by molar-refractivity contribution is 6.30. The van der Waals surface area contributed by atoms with Crippen molar-refractivity contribution in [1.29, 1.82) is 0 Å². The Balaban J connectivity index is 1.31. The molecule has 0 radical (unpaired) electrons. The van der Waals surface area contributed by atoms with Gasteiger partial charge in [-0.3, -0.25) is 10.1 Å². The summed E-state index contributed by atoms with van der Waals surface area (Å²) in [5.74, 6) is 1.14. The molecule has 2 aromatic carbocycles. The van der Waals surface area contributed by atoms with Crippen LogP contribution in [0.2, 0.25) is 5.02 Å². The third kappa shape index (κ3) is 2.48.